The summed E-state index contributed by atoms with van der Waals surface area (Å²) < 4.78 is 33.8. The zero-order chi connectivity index (χ0) is 23.3. The minimum Gasteiger partial charge on any atom is -0.497 e. The number of nitrogens with one attached hydrogen (secondary N) is 3. The number of benzene rings is 2. The van der Waals surface area contributed by atoms with Crippen LogP contribution in [0.3, 0.4) is 0 Å². The summed E-state index contributed by atoms with van der Waals surface area (Å²) in [6.45, 7) is 3.81. The molecule has 3 rings (SSSR count). The van der Waals surface area contributed by atoms with Gasteiger partial charge >= 0.3 is 0 Å². The van der Waals surface area contributed by atoms with Crippen molar-refractivity contribution in [2.24, 2.45) is 5.92 Å². The number of carbonyl (C=O) groups is 2. The Bertz CT molecular complexity index is 1100. The molecule has 0 radical (unpaired) electrons. The molecule has 32 heavy (non-hydrogen) atoms. The Morgan fingerprint density at radius 2 is 1.94 bits per heavy atom. The normalized spacial score (nSPS) is 14.8. The van der Waals surface area contributed by atoms with Crippen LogP contribution in [-0.4, -0.2) is 33.4 Å². The van der Waals surface area contributed by atoms with Crippen LogP contribution in [0.5, 0.6) is 5.75 Å². The maximum absolute atomic E-state index is 13.1. The zero-order valence-corrected chi connectivity index (χ0v) is 19.3. The summed E-state index contributed by atoms with van der Waals surface area (Å²) in [5.74, 6) is -0.0778. The number of aryl methyl sites for hydroxylation is 1. The average molecular weight is 460 g/mol. The van der Waals surface area contributed by atoms with E-state index in [0.717, 1.165) is 11.1 Å². The van der Waals surface area contributed by atoms with Crippen LogP contribution in [0.15, 0.2) is 47.4 Å². The van der Waals surface area contributed by atoms with Crippen molar-refractivity contribution in [3.05, 3.63) is 53.6 Å². The summed E-state index contributed by atoms with van der Waals surface area (Å²) in [5.41, 5.74) is 2.24. The summed E-state index contributed by atoms with van der Waals surface area (Å²) in [7, 11) is -2.38. The van der Waals surface area contributed by atoms with Gasteiger partial charge in [-0.3, -0.25) is 9.59 Å². The molecule has 0 fully saturated rings. The van der Waals surface area contributed by atoms with Gasteiger partial charge in [-0.25, -0.2) is 8.42 Å². The summed E-state index contributed by atoms with van der Waals surface area (Å²) in [6.07, 6.45) is 1.65. The molecule has 0 spiro atoms. The molecule has 2 aromatic rings. The molecule has 3 N–H and O–H groups in total. The minimum atomic E-state index is -3.95. The first-order valence-corrected chi connectivity index (χ1v) is 12.0. The Labute approximate surface area is 188 Å². The third-order valence-corrected chi connectivity index (χ3v) is 6.78. The van der Waals surface area contributed by atoms with E-state index in [-0.39, 0.29) is 23.3 Å². The van der Waals surface area contributed by atoms with Gasteiger partial charge in [-0.15, -0.1) is 0 Å². The van der Waals surface area contributed by atoms with Crippen LogP contribution in [0.4, 0.5) is 5.69 Å². The topological polar surface area (TPSA) is 114 Å². The smallest absolute Gasteiger partial charge is 0.241 e. The summed E-state index contributed by atoms with van der Waals surface area (Å²) in [6, 6.07) is 11.0. The summed E-state index contributed by atoms with van der Waals surface area (Å²) in [4.78, 5) is 24.6. The SMILES string of the molecule is COc1cccc(CNC(=O)[C@H](NS(=O)(=O)c2ccc3c(c2)CCCC(=O)N3)C(C)C)c1. The van der Waals surface area contributed by atoms with E-state index >= 15 is 0 Å². The first-order valence-electron chi connectivity index (χ1n) is 10.6. The van der Waals surface area contributed by atoms with Crippen LogP contribution in [-0.2, 0) is 32.6 Å². The summed E-state index contributed by atoms with van der Waals surface area (Å²) >= 11 is 0. The standard InChI is InChI=1S/C23H29N3O5S/c1-15(2)22(23(28)24-14-16-6-4-8-18(12-16)31-3)26-32(29,30)19-10-11-20-17(13-19)7-5-9-21(27)25-20/h4,6,8,10-13,15,22,26H,5,7,9,14H2,1-3H3,(H,24,28)(H,25,27)/t22-/m1/s1. The second kappa shape index (κ2) is 10.1. The lowest BCUT2D eigenvalue weighted by atomic mass is 10.0. The lowest BCUT2D eigenvalue weighted by Gasteiger charge is -2.22. The van der Waals surface area contributed by atoms with E-state index in [4.69, 9.17) is 4.74 Å². The highest BCUT2D eigenvalue weighted by Crippen LogP contribution is 2.25. The predicted octanol–water partition coefficient (Wildman–Crippen LogP) is 2.59. The van der Waals surface area contributed by atoms with E-state index in [2.05, 4.69) is 15.4 Å². The third-order valence-electron chi connectivity index (χ3n) is 5.34. The molecule has 8 nitrogen and oxygen atoms in total. The second-order valence-electron chi connectivity index (χ2n) is 8.13. The molecule has 0 unspecified atom stereocenters. The van der Waals surface area contributed by atoms with Crippen molar-refractivity contribution in [1.29, 1.82) is 0 Å². The molecular weight excluding hydrogens is 430 g/mol. The fourth-order valence-electron chi connectivity index (χ4n) is 3.53. The van der Waals surface area contributed by atoms with Crippen molar-refractivity contribution in [2.45, 2.75) is 50.6 Å². The van der Waals surface area contributed by atoms with Crippen molar-refractivity contribution in [2.75, 3.05) is 12.4 Å². The van der Waals surface area contributed by atoms with Crippen molar-refractivity contribution < 1.29 is 22.7 Å². The molecule has 2 aromatic carbocycles. The number of amides is 2. The predicted molar refractivity (Wildman–Crippen MR) is 122 cm³/mol. The molecule has 1 aliphatic heterocycles. The number of ether oxygens (including phenoxy) is 1. The van der Waals surface area contributed by atoms with E-state index in [9.17, 15) is 18.0 Å². The fraction of sp³-hybridized carbons (Fsp3) is 0.391. The highest BCUT2D eigenvalue weighted by molar-refractivity contribution is 7.89. The van der Waals surface area contributed by atoms with E-state index < -0.39 is 22.0 Å². The molecule has 0 bridgehead atoms. The quantitative estimate of drug-likeness (QED) is 0.562. The Hall–Kier alpha value is -2.91. The molecule has 1 aliphatic rings. The number of carbonyl (C=O) groups excluding carboxylic acids is 2. The van der Waals surface area contributed by atoms with Gasteiger partial charge in [0.05, 0.1) is 12.0 Å². The Balaban J connectivity index is 1.73. The zero-order valence-electron chi connectivity index (χ0n) is 18.5. The van der Waals surface area contributed by atoms with E-state index in [0.29, 0.717) is 30.7 Å². The monoisotopic (exact) mass is 459 g/mol. The first-order chi connectivity index (χ1) is 15.2. The van der Waals surface area contributed by atoms with Crippen molar-refractivity contribution in [3.63, 3.8) is 0 Å². The Morgan fingerprint density at radius 3 is 2.66 bits per heavy atom. The lowest BCUT2D eigenvalue weighted by Crippen LogP contribution is -2.49. The number of hydrogen-bond acceptors (Lipinski definition) is 5. The van der Waals surface area contributed by atoms with Crippen LogP contribution in [0.1, 0.15) is 37.8 Å². The maximum atomic E-state index is 13.1. The van der Waals surface area contributed by atoms with Gasteiger partial charge in [-0.05, 0) is 60.2 Å². The highest BCUT2D eigenvalue weighted by atomic mass is 32.2. The fourth-order valence-corrected chi connectivity index (χ4v) is 4.92. The minimum absolute atomic E-state index is 0.0682. The van der Waals surface area contributed by atoms with Crippen molar-refractivity contribution in [1.82, 2.24) is 10.0 Å². The van der Waals surface area contributed by atoms with Crippen LogP contribution < -0.4 is 20.1 Å². The van der Waals surface area contributed by atoms with Crippen molar-refractivity contribution >= 4 is 27.5 Å². The van der Waals surface area contributed by atoms with Crippen LogP contribution in [0, 0.1) is 5.92 Å². The van der Waals surface area contributed by atoms with Gasteiger partial charge < -0.3 is 15.4 Å². The van der Waals surface area contributed by atoms with E-state index in [1.54, 1.807) is 33.1 Å². The molecule has 2 amide bonds. The molecule has 9 heteroatoms. The highest BCUT2D eigenvalue weighted by Gasteiger charge is 2.29. The van der Waals surface area contributed by atoms with Crippen molar-refractivity contribution in [3.8, 4) is 5.75 Å². The van der Waals surface area contributed by atoms with Gasteiger partial charge in [0.2, 0.25) is 21.8 Å². The molecule has 1 heterocycles. The number of fused-ring (bicyclic) bond motifs is 1. The number of anilines is 1. The largest absolute Gasteiger partial charge is 0.497 e. The molecule has 0 aromatic heterocycles. The van der Waals surface area contributed by atoms with E-state index in [1.165, 1.54) is 6.07 Å². The molecule has 172 valence electrons. The van der Waals surface area contributed by atoms with E-state index in [1.807, 2.05) is 24.3 Å². The Morgan fingerprint density at radius 1 is 1.16 bits per heavy atom. The number of rotatable bonds is 8. The van der Waals surface area contributed by atoms with Gasteiger partial charge in [0.15, 0.2) is 0 Å². The molecular formula is C23H29N3O5S. The molecule has 0 saturated heterocycles. The average Bonchev–Trinajstić information content (AvgIpc) is 2.95. The van der Waals surface area contributed by atoms with Gasteiger partial charge in [0.25, 0.3) is 0 Å². The van der Waals surface area contributed by atoms with Crippen LogP contribution >= 0.6 is 0 Å². The molecule has 1 atom stereocenters. The number of hydrogen-bond donors (Lipinski definition) is 3. The maximum Gasteiger partial charge on any atom is 0.241 e. The van der Waals surface area contributed by atoms with Crippen LogP contribution in [0.25, 0.3) is 0 Å². The lowest BCUT2D eigenvalue weighted by molar-refractivity contribution is -0.123. The number of sulfonamides is 1. The van der Waals surface area contributed by atoms with Gasteiger partial charge in [-0.1, -0.05) is 26.0 Å². The van der Waals surface area contributed by atoms with Crippen LogP contribution in [0.2, 0.25) is 0 Å². The van der Waals surface area contributed by atoms with Gasteiger partial charge in [0.1, 0.15) is 11.8 Å². The first kappa shape index (κ1) is 23.7. The summed E-state index contributed by atoms with van der Waals surface area (Å²) in [5, 5.41) is 5.59. The molecule has 0 aliphatic carbocycles. The van der Waals surface area contributed by atoms with Gasteiger partial charge in [0, 0.05) is 18.7 Å². The van der Waals surface area contributed by atoms with Gasteiger partial charge in [-0.2, -0.15) is 4.72 Å². The second-order valence-corrected chi connectivity index (χ2v) is 9.85. The Kier molecular flexibility index (Phi) is 7.52. The third kappa shape index (κ3) is 5.86. The number of methoxy groups -OCH3 is 1. The molecule has 0 saturated carbocycles.